The fourth-order valence-electron chi connectivity index (χ4n) is 1.01. The van der Waals surface area contributed by atoms with Gasteiger partial charge in [0, 0.05) is 11.1 Å². The van der Waals surface area contributed by atoms with Crippen LogP contribution in [0.4, 0.5) is 14.9 Å². The highest BCUT2D eigenvalue weighted by Gasteiger charge is 2.07. The number of benzene rings is 1. The molecule has 1 rings (SSSR count). The molecule has 0 fully saturated rings. The number of rotatable bonds is 2. The molecule has 1 aromatic carbocycles. The number of carbonyl (C=O) groups is 1. The molecule has 0 saturated heterocycles. The molecule has 2 amide bonds. The maximum absolute atomic E-state index is 13.2. The van der Waals surface area contributed by atoms with Gasteiger partial charge in [-0.15, -0.1) is 0 Å². The monoisotopic (exact) mass is 230 g/mol. The summed E-state index contributed by atoms with van der Waals surface area (Å²) in [5.74, 6) is -0.554. The number of urea groups is 1. The molecule has 0 saturated carbocycles. The quantitative estimate of drug-likeness (QED) is 0.806. The Bertz CT molecular complexity index is 368. The first-order valence-electron chi connectivity index (χ1n) is 4.51. The van der Waals surface area contributed by atoms with E-state index in [9.17, 15) is 9.18 Å². The van der Waals surface area contributed by atoms with E-state index < -0.39 is 11.8 Å². The first kappa shape index (κ1) is 11.8. The van der Waals surface area contributed by atoms with Crippen LogP contribution in [0.5, 0.6) is 0 Å². The Morgan fingerprint density at radius 3 is 2.67 bits per heavy atom. The molecule has 0 bridgehead atoms. The Morgan fingerprint density at radius 1 is 1.47 bits per heavy atom. The summed E-state index contributed by atoms with van der Waals surface area (Å²) in [6.07, 6.45) is 0. The maximum atomic E-state index is 13.2. The molecule has 5 heteroatoms. The zero-order chi connectivity index (χ0) is 11.4. The lowest BCUT2D eigenvalue weighted by Crippen LogP contribution is -2.34. The lowest BCUT2D eigenvalue weighted by Gasteiger charge is -2.10. The zero-order valence-corrected chi connectivity index (χ0v) is 9.23. The summed E-state index contributed by atoms with van der Waals surface area (Å²) < 4.78 is 13.2. The summed E-state index contributed by atoms with van der Waals surface area (Å²) in [5, 5.41) is 5.26. The minimum absolute atomic E-state index is 0.000335. The van der Waals surface area contributed by atoms with Crippen molar-refractivity contribution in [3.63, 3.8) is 0 Å². The van der Waals surface area contributed by atoms with Crippen molar-refractivity contribution in [3.8, 4) is 0 Å². The summed E-state index contributed by atoms with van der Waals surface area (Å²) in [6.45, 7) is 3.63. The van der Waals surface area contributed by atoms with Crippen molar-refractivity contribution in [1.29, 1.82) is 0 Å². The van der Waals surface area contributed by atoms with Crippen LogP contribution in [-0.2, 0) is 0 Å². The minimum Gasteiger partial charge on any atom is -0.336 e. The van der Waals surface area contributed by atoms with Crippen molar-refractivity contribution >= 4 is 23.3 Å². The third-order valence-corrected chi connectivity index (χ3v) is 1.83. The predicted octanol–water partition coefficient (Wildman–Crippen LogP) is 3.01. The van der Waals surface area contributed by atoms with Gasteiger partial charge in [0.05, 0.1) is 5.69 Å². The molecule has 0 aliphatic carbocycles. The van der Waals surface area contributed by atoms with Gasteiger partial charge in [-0.3, -0.25) is 0 Å². The smallest absolute Gasteiger partial charge is 0.319 e. The van der Waals surface area contributed by atoms with Crippen molar-refractivity contribution in [2.24, 2.45) is 0 Å². The number of hydrogen-bond donors (Lipinski definition) is 2. The highest BCUT2D eigenvalue weighted by Crippen LogP contribution is 2.18. The van der Waals surface area contributed by atoms with Crippen LogP contribution in [0.3, 0.4) is 0 Å². The van der Waals surface area contributed by atoms with E-state index in [1.165, 1.54) is 12.1 Å². The Kier molecular flexibility index (Phi) is 3.91. The van der Waals surface area contributed by atoms with Gasteiger partial charge in [0.25, 0.3) is 0 Å². The van der Waals surface area contributed by atoms with E-state index >= 15 is 0 Å². The average molecular weight is 231 g/mol. The fourth-order valence-corrected chi connectivity index (χ4v) is 1.17. The summed E-state index contributed by atoms with van der Waals surface area (Å²) in [6, 6.07) is 3.63. The predicted molar refractivity (Wildman–Crippen MR) is 58.7 cm³/mol. The first-order valence-corrected chi connectivity index (χ1v) is 4.89. The summed E-state index contributed by atoms with van der Waals surface area (Å²) in [7, 11) is 0. The molecular formula is C10H12ClFN2O. The molecule has 0 spiro atoms. The van der Waals surface area contributed by atoms with E-state index in [0.717, 1.165) is 6.07 Å². The Labute approximate surface area is 92.6 Å². The van der Waals surface area contributed by atoms with E-state index in [-0.39, 0.29) is 11.7 Å². The molecule has 15 heavy (non-hydrogen) atoms. The van der Waals surface area contributed by atoms with Gasteiger partial charge >= 0.3 is 6.03 Å². The molecule has 0 aromatic heterocycles. The lowest BCUT2D eigenvalue weighted by molar-refractivity contribution is 0.250. The fraction of sp³-hybridized carbons (Fsp3) is 0.300. The topological polar surface area (TPSA) is 41.1 Å². The molecular weight excluding hydrogens is 219 g/mol. The van der Waals surface area contributed by atoms with E-state index in [0.29, 0.717) is 5.02 Å². The van der Waals surface area contributed by atoms with Gasteiger partial charge in [-0.25, -0.2) is 9.18 Å². The normalized spacial score (nSPS) is 10.2. The van der Waals surface area contributed by atoms with Gasteiger partial charge in [-0.1, -0.05) is 11.6 Å². The van der Waals surface area contributed by atoms with Crippen LogP contribution in [0, 0.1) is 5.82 Å². The van der Waals surface area contributed by atoms with Crippen LogP contribution in [0.15, 0.2) is 18.2 Å². The largest absolute Gasteiger partial charge is 0.336 e. The second kappa shape index (κ2) is 4.98. The number of carbonyl (C=O) groups excluding carboxylic acids is 1. The number of halogens is 2. The molecule has 1 aromatic rings. The highest BCUT2D eigenvalue weighted by molar-refractivity contribution is 6.30. The Balaban J connectivity index is 2.68. The molecule has 0 heterocycles. The van der Waals surface area contributed by atoms with E-state index in [1.54, 1.807) is 0 Å². The minimum atomic E-state index is -0.554. The standard InChI is InChI=1S/C10H12ClFN2O/c1-6(2)13-10(15)14-9-4-3-7(11)5-8(9)12/h3-6H,1-2H3,(H2,13,14,15). The summed E-state index contributed by atoms with van der Waals surface area (Å²) >= 11 is 5.57. The first-order chi connectivity index (χ1) is 6.99. The molecule has 0 unspecified atom stereocenters. The summed E-state index contributed by atoms with van der Waals surface area (Å²) in [4.78, 5) is 11.2. The lowest BCUT2D eigenvalue weighted by atomic mass is 10.3. The van der Waals surface area contributed by atoms with Crippen LogP contribution in [0.25, 0.3) is 0 Å². The molecule has 3 nitrogen and oxygen atoms in total. The number of nitrogens with one attached hydrogen (secondary N) is 2. The van der Waals surface area contributed by atoms with Crippen LogP contribution in [0.1, 0.15) is 13.8 Å². The van der Waals surface area contributed by atoms with E-state index in [1.807, 2.05) is 13.8 Å². The SMILES string of the molecule is CC(C)NC(=O)Nc1ccc(Cl)cc1F. The second-order valence-corrected chi connectivity index (χ2v) is 3.81. The van der Waals surface area contributed by atoms with Crippen LogP contribution >= 0.6 is 11.6 Å². The van der Waals surface area contributed by atoms with E-state index in [4.69, 9.17) is 11.6 Å². The van der Waals surface area contributed by atoms with Crippen molar-refractivity contribution in [2.45, 2.75) is 19.9 Å². The number of anilines is 1. The maximum Gasteiger partial charge on any atom is 0.319 e. The number of hydrogen-bond acceptors (Lipinski definition) is 1. The van der Waals surface area contributed by atoms with Crippen LogP contribution < -0.4 is 10.6 Å². The van der Waals surface area contributed by atoms with Crippen LogP contribution in [0.2, 0.25) is 5.02 Å². The molecule has 0 atom stereocenters. The zero-order valence-electron chi connectivity index (χ0n) is 8.47. The third-order valence-electron chi connectivity index (χ3n) is 1.60. The van der Waals surface area contributed by atoms with Crippen molar-refractivity contribution in [1.82, 2.24) is 5.32 Å². The average Bonchev–Trinajstić information content (AvgIpc) is 2.08. The van der Waals surface area contributed by atoms with Crippen molar-refractivity contribution in [3.05, 3.63) is 29.0 Å². The molecule has 0 radical (unpaired) electrons. The van der Waals surface area contributed by atoms with Gasteiger partial charge in [0.15, 0.2) is 0 Å². The van der Waals surface area contributed by atoms with E-state index in [2.05, 4.69) is 10.6 Å². The summed E-state index contributed by atoms with van der Waals surface area (Å²) in [5.41, 5.74) is 0.109. The molecule has 0 aliphatic rings. The second-order valence-electron chi connectivity index (χ2n) is 3.38. The molecule has 82 valence electrons. The van der Waals surface area contributed by atoms with Gasteiger partial charge in [-0.05, 0) is 32.0 Å². The van der Waals surface area contributed by atoms with Gasteiger partial charge in [0.2, 0.25) is 0 Å². The Morgan fingerprint density at radius 2 is 2.13 bits per heavy atom. The third kappa shape index (κ3) is 3.75. The van der Waals surface area contributed by atoms with Crippen molar-refractivity contribution < 1.29 is 9.18 Å². The molecule has 0 aliphatic heterocycles. The van der Waals surface area contributed by atoms with Gasteiger partial charge in [-0.2, -0.15) is 0 Å². The van der Waals surface area contributed by atoms with Crippen molar-refractivity contribution in [2.75, 3.05) is 5.32 Å². The Hall–Kier alpha value is -1.29. The van der Waals surface area contributed by atoms with Crippen LogP contribution in [-0.4, -0.2) is 12.1 Å². The van der Waals surface area contributed by atoms with Gasteiger partial charge < -0.3 is 10.6 Å². The highest BCUT2D eigenvalue weighted by atomic mass is 35.5. The number of amides is 2. The molecule has 2 N–H and O–H groups in total. The van der Waals surface area contributed by atoms with Gasteiger partial charge in [0.1, 0.15) is 5.82 Å².